The van der Waals surface area contributed by atoms with Gasteiger partial charge >= 0.3 is 5.97 Å². The Morgan fingerprint density at radius 3 is 2.38 bits per heavy atom. The fourth-order valence-corrected chi connectivity index (χ4v) is 6.15. The number of esters is 1. The van der Waals surface area contributed by atoms with E-state index in [-0.39, 0.29) is 28.2 Å². The maximum absolute atomic E-state index is 13.4. The van der Waals surface area contributed by atoms with Gasteiger partial charge in [0.05, 0.1) is 4.90 Å². The summed E-state index contributed by atoms with van der Waals surface area (Å²) in [6.07, 6.45) is 0.242. The Morgan fingerprint density at radius 1 is 1.10 bits per heavy atom. The molecular formula is C21H25NO5S2. The molecule has 0 bridgehead atoms. The van der Waals surface area contributed by atoms with Crippen molar-refractivity contribution in [2.75, 3.05) is 6.54 Å². The number of ether oxygens (including phenoxy) is 1. The van der Waals surface area contributed by atoms with Crippen molar-refractivity contribution in [1.29, 1.82) is 0 Å². The van der Waals surface area contributed by atoms with Crippen molar-refractivity contribution in [2.45, 2.75) is 55.9 Å². The highest BCUT2D eigenvalue weighted by Crippen LogP contribution is 2.34. The molecule has 0 aliphatic carbocycles. The van der Waals surface area contributed by atoms with Gasteiger partial charge < -0.3 is 4.74 Å². The smallest absolute Gasteiger partial charge is 0.325 e. The van der Waals surface area contributed by atoms with Crippen LogP contribution in [-0.2, 0) is 24.3 Å². The van der Waals surface area contributed by atoms with Gasteiger partial charge in [-0.15, -0.1) is 0 Å². The standard InChI is InChI=1S/C21H25NO5S2/c1-14(23)28-17-12-19(20(24)27-21(2,3)4)22(13-17)29(25,26)18-10-9-15-7-5-6-8-16(15)11-18/h5-11,17,19H,12-13H2,1-4H3/t17-,19+/m1/s1. The Kier molecular flexibility index (Phi) is 6.08. The minimum absolute atomic E-state index is 0.0866. The Labute approximate surface area is 175 Å². The van der Waals surface area contributed by atoms with E-state index in [4.69, 9.17) is 4.74 Å². The van der Waals surface area contributed by atoms with Gasteiger partial charge in [-0.3, -0.25) is 9.59 Å². The van der Waals surface area contributed by atoms with Gasteiger partial charge in [0.15, 0.2) is 5.12 Å². The second-order valence-corrected chi connectivity index (χ2v) is 11.5. The lowest BCUT2D eigenvalue weighted by atomic mass is 10.1. The molecule has 0 unspecified atom stereocenters. The summed E-state index contributed by atoms with van der Waals surface area (Å²) in [7, 11) is -3.94. The van der Waals surface area contributed by atoms with Gasteiger partial charge in [-0.1, -0.05) is 42.1 Å². The SMILES string of the molecule is CC(=O)S[C@@H]1C[C@@H](C(=O)OC(C)(C)C)N(S(=O)(=O)c2ccc3ccccc3c2)C1. The van der Waals surface area contributed by atoms with E-state index in [0.29, 0.717) is 0 Å². The van der Waals surface area contributed by atoms with Crippen LogP contribution in [0, 0.1) is 0 Å². The molecule has 1 saturated heterocycles. The van der Waals surface area contributed by atoms with Gasteiger partial charge in [-0.2, -0.15) is 4.31 Å². The number of carbonyl (C=O) groups is 2. The first-order valence-corrected chi connectivity index (χ1v) is 11.7. The second kappa shape index (κ2) is 8.08. The number of fused-ring (bicyclic) bond motifs is 1. The van der Waals surface area contributed by atoms with E-state index >= 15 is 0 Å². The number of hydrogen-bond donors (Lipinski definition) is 0. The molecule has 3 rings (SSSR count). The third-order valence-corrected chi connectivity index (χ3v) is 7.43. The Bertz CT molecular complexity index is 1040. The number of thioether (sulfide) groups is 1. The summed E-state index contributed by atoms with van der Waals surface area (Å²) < 4.78 is 33.5. The van der Waals surface area contributed by atoms with Crippen LogP contribution in [0.2, 0.25) is 0 Å². The molecule has 1 aliphatic heterocycles. The highest BCUT2D eigenvalue weighted by atomic mass is 32.2. The summed E-state index contributed by atoms with van der Waals surface area (Å²) in [5, 5.41) is 1.33. The first-order chi connectivity index (χ1) is 13.5. The number of benzene rings is 2. The lowest BCUT2D eigenvalue weighted by Gasteiger charge is -2.27. The molecule has 1 fully saturated rings. The van der Waals surface area contributed by atoms with Crippen LogP contribution >= 0.6 is 11.8 Å². The van der Waals surface area contributed by atoms with E-state index in [9.17, 15) is 18.0 Å². The summed E-state index contributed by atoms with van der Waals surface area (Å²) in [5.41, 5.74) is -0.735. The van der Waals surface area contributed by atoms with Gasteiger partial charge in [0, 0.05) is 18.7 Å². The predicted molar refractivity (Wildman–Crippen MR) is 114 cm³/mol. The number of carbonyl (C=O) groups excluding carboxylic acids is 2. The molecule has 6 nitrogen and oxygen atoms in total. The van der Waals surface area contributed by atoms with Crippen LogP contribution in [0.4, 0.5) is 0 Å². The number of rotatable bonds is 4. The number of sulfonamides is 1. The third kappa shape index (κ3) is 4.99. The molecule has 8 heteroatoms. The van der Waals surface area contributed by atoms with E-state index < -0.39 is 27.6 Å². The topological polar surface area (TPSA) is 80.8 Å². The highest BCUT2D eigenvalue weighted by molar-refractivity contribution is 8.14. The van der Waals surface area contributed by atoms with Crippen LogP contribution in [0.25, 0.3) is 10.8 Å². The van der Waals surface area contributed by atoms with Crippen molar-refractivity contribution in [1.82, 2.24) is 4.31 Å². The summed E-state index contributed by atoms with van der Waals surface area (Å²) in [4.78, 5) is 24.5. The molecule has 0 spiro atoms. The maximum Gasteiger partial charge on any atom is 0.325 e. The van der Waals surface area contributed by atoms with Crippen LogP contribution < -0.4 is 0 Å². The zero-order valence-corrected chi connectivity index (χ0v) is 18.5. The van der Waals surface area contributed by atoms with Gasteiger partial charge in [0.25, 0.3) is 0 Å². The van der Waals surface area contributed by atoms with Crippen LogP contribution in [0.15, 0.2) is 47.4 Å². The predicted octanol–water partition coefficient (Wildman–Crippen LogP) is 3.59. The molecule has 2 aromatic rings. The molecule has 156 valence electrons. The zero-order chi connectivity index (χ0) is 21.4. The second-order valence-electron chi connectivity index (χ2n) is 8.10. The van der Waals surface area contributed by atoms with Gasteiger partial charge in [-0.05, 0) is 50.1 Å². The molecule has 0 N–H and O–H groups in total. The molecule has 2 aromatic carbocycles. The van der Waals surface area contributed by atoms with E-state index in [1.165, 1.54) is 11.2 Å². The van der Waals surface area contributed by atoms with E-state index in [1.807, 2.05) is 24.3 Å². The van der Waals surface area contributed by atoms with Crippen LogP contribution in [0.1, 0.15) is 34.1 Å². The first kappa shape index (κ1) is 21.8. The molecule has 0 amide bonds. The molecular weight excluding hydrogens is 410 g/mol. The van der Waals surface area contributed by atoms with Crippen molar-refractivity contribution in [2.24, 2.45) is 0 Å². The van der Waals surface area contributed by atoms with Crippen molar-refractivity contribution in [3.05, 3.63) is 42.5 Å². The summed E-state index contributed by atoms with van der Waals surface area (Å²) in [6, 6.07) is 11.4. The maximum atomic E-state index is 13.4. The lowest BCUT2D eigenvalue weighted by molar-refractivity contribution is -0.158. The largest absolute Gasteiger partial charge is 0.459 e. The molecule has 0 aromatic heterocycles. The van der Waals surface area contributed by atoms with Gasteiger partial charge in [0.1, 0.15) is 11.6 Å². The lowest BCUT2D eigenvalue weighted by Crippen LogP contribution is -2.43. The normalized spacial score (nSPS) is 20.7. The quantitative estimate of drug-likeness (QED) is 0.683. The Morgan fingerprint density at radius 2 is 1.76 bits per heavy atom. The van der Waals surface area contributed by atoms with Crippen LogP contribution in [0.5, 0.6) is 0 Å². The van der Waals surface area contributed by atoms with Gasteiger partial charge in [-0.25, -0.2) is 8.42 Å². The summed E-state index contributed by atoms with van der Waals surface area (Å²) in [5.74, 6) is -0.589. The van der Waals surface area contributed by atoms with E-state index in [0.717, 1.165) is 22.5 Å². The molecule has 1 aliphatic rings. The van der Waals surface area contributed by atoms with Crippen LogP contribution in [0.3, 0.4) is 0 Å². The molecule has 2 atom stereocenters. The number of hydrogen-bond acceptors (Lipinski definition) is 6. The highest BCUT2D eigenvalue weighted by Gasteiger charge is 2.46. The molecule has 29 heavy (non-hydrogen) atoms. The molecule has 0 radical (unpaired) electrons. The monoisotopic (exact) mass is 435 g/mol. The van der Waals surface area contributed by atoms with Crippen molar-refractivity contribution >= 4 is 43.6 Å². The Balaban J connectivity index is 1.97. The van der Waals surface area contributed by atoms with Crippen LogP contribution in [-0.4, -0.2) is 47.2 Å². The third-order valence-electron chi connectivity index (χ3n) is 4.56. The average molecular weight is 436 g/mol. The summed E-state index contributed by atoms with van der Waals surface area (Å²) in [6.45, 7) is 6.74. The van der Waals surface area contributed by atoms with E-state index in [2.05, 4.69) is 0 Å². The molecule has 1 heterocycles. The number of nitrogens with zero attached hydrogens (tertiary/aromatic N) is 1. The van der Waals surface area contributed by atoms with Crippen molar-refractivity contribution in [3.8, 4) is 0 Å². The minimum Gasteiger partial charge on any atom is -0.459 e. The zero-order valence-electron chi connectivity index (χ0n) is 16.9. The van der Waals surface area contributed by atoms with E-state index in [1.54, 1.807) is 39.0 Å². The van der Waals surface area contributed by atoms with Crippen molar-refractivity contribution in [3.63, 3.8) is 0 Å². The van der Waals surface area contributed by atoms with Gasteiger partial charge in [0.2, 0.25) is 10.0 Å². The average Bonchev–Trinajstić information content (AvgIpc) is 3.04. The minimum atomic E-state index is -3.94. The van der Waals surface area contributed by atoms with Crippen molar-refractivity contribution < 1.29 is 22.7 Å². The Hall–Kier alpha value is -1.90. The fourth-order valence-electron chi connectivity index (χ4n) is 3.40. The summed E-state index contributed by atoms with van der Waals surface area (Å²) >= 11 is 1.07. The fraction of sp³-hybridized carbons (Fsp3) is 0.429. The molecule has 0 saturated carbocycles. The first-order valence-electron chi connectivity index (χ1n) is 9.38.